The molecule has 3 N–H and O–H groups in total. The number of imidazole rings is 1. The first-order chi connectivity index (χ1) is 15.0. The number of aromatic nitrogens is 2. The molecule has 0 aliphatic carbocycles. The zero-order valence-electron chi connectivity index (χ0n) is 17.6. The van der Waals surface area contributed by atoms with Gasteiger partial charge in [0.05, 0.1) is 17.7 Å². The lowest BCUT2D eigenvalue weighted by Crippen LogP contribution is -2.18. The molecule has 0 spiro atoms. The number of ether oxygens (including phenoxy) is 1. The molecule has 6 nitrogen and oxygen atoms in total. The Labute approximate surface area is 180 Å². The highest BCUT2D eigenvalue weighted by molar-refractivity contribution is 6.03. The molecule has 6 heteroatoms. The summed E-state index contributed by atoms with van der Waals surface area (Å²) in [6, 6.07) is 20.2. The number of carbonyl (C=O) groups is 1. The molecular weight excluding hydrogens is 390 g/mol. The van der Waals surface area contributed by atoms with Gasteiger partial charge in [-0.15, -0.1) is 0 Å². The SMILES string of the molecule is COCCNCc1cccc(-c2ccc(-c3cc(C(=O)O)c4nc(C)[nH]c4c3)cc2)c1. The number of rotatable bonds is 8. The molecule has 0 unspecified atom stereocenters. The number of fused-ring (bicyclic) bond motifs is 1. The van der Waals surface area contributed by atoms with Crippen molar-refractivity contribution in [3.05, 3.63) is 77.6 Å². The Morgan fingerprint density at radius 2 is 1.77 bits per heavy atom. The third kappa shape index (κ3) is 4.66. The summed E-state index contributed by atoms with van der Waals surface area (Å²) in [4.78, 5) is 19.2. The number of carboxylic acid groups (broad SMARTS) is 1. The van der Waals surface area contributed by atoms with Crippen molar-refractivity contribution in [2.24, 2.45) is 0 Å². The largest absolute Gasteiger partial charge is 0.478 e. The summed E-state index contributed by atoms with van der Waals surface area (Å²) in [6.45, 7) is 4.11. The van der Waals surface area contributed by atoms with E-state index in [4.69, 9.17) is 4.74 Å². The van der Waals surface area contributed by atoms with Gasteiger partial charge >= 0.3 is 5.97 Å². The Bertz CT molecular complexity index is 1210. The van der Waals surface area contributed by atoms with Crippen LogP contribution >= 0.6 is 0 Å². The Morgan fingerprint density at radius 1 is 1.03 bits per heavy atom. The predicted octanol–water partition coefficient (Wildman–Crippen LogP) is 4.64. The van der Waals surface area contributed by atoms with Crippen LogP contribution in [0.5, 0.6) is 0 Å². The average molecular weight is 415 g/mol. The quantitative estimate of drug-likeness (QED) is 0.365. The molecule has 1 aromatic heterocycles. The van der Waals surface area contributed by atoms with Crippen LogP contribution in [0, 0.1) is 6.92 Å². The van der Waals surface area contributed by atoms with Gasteiger partial charge in [-0.05, 0) is 52.9 Å². The van der Waals surface area contributed by atoms with Crippen molar-refractivity contribution in [2.45, 2.75) is 13.5 Å². The summed E-state index contributed by atoms with van der Waals surface area (Å²) in [5.41, 5.74) is 6.68. The summed E-state index contributed by atoms with van der Waals surface area (Å²) in [5, 5.41) is 13.0. The topological polar surface area (TPSA) is 87.2 Å². The highest BCUT2D eigenvalue weighted by Crippen LogP contribution is 2.29. The van der Waals surface area contributed by atoms with Crippen molar-refractivity contribution in [1.82, 2.24) is 15.3 Å². The fourth-order valence-electron chi connectivity index (χ4n) is 3.69. The number of hydrogen-bond donors (Lipinski definition) is 3. The van der Waals surface area contributed by atoms with Crippen LogP contribution in [0.15, 0.2) is 60.7 Å². The lowest BCUT2D eigenvalue weighted by atomic mass is 9.97. The van der Waals surface area contributed by atoms with Crippen molar-refractivity contribution >= 4 is 17.0 Å². The maximum Gasteiger partial charge on any atom is 0.337 e. The third-order valence-corrected chi connectivity index (χ3v) is 5.23. The summed E-state index contributed by atoms with van der Waals surface area (Å²) >= 11 is 0. The van der Waals surface area contributed by atoms with E-state index in [-0.39, 0.29) is 5.56 Å². The second kappa shape index (κ2) is 9.12. The molecule has 0 radical (unpaired) electrons. The molecule has 0 amide bonds. The van der Waals surface area contributed by atoms with Crippen LogP contribution in [0.25, 0.3) is 33.3 Å². The number of nitrogens with one attached hydrogen (secondary N) is 2. The molecule has 0 bridgehead atoms. The predicted molar refractivity (Wildman–Crippen MR) is 122 cm³/mol. The minimum absolute atomic E-state index is 0.203. The van der Waals surface area contributed by atoms with Crippen molar-refractivity contribution in [3.63, 3.8) is 0 Å². The fraction of sp³-hybridized carbons (Fsp3) is 0.200. The van der Waals surface area contributed by atoms with E-state index < -0.39 is 5.97 Å². The van der Waals surface area contributed by atoms with Gasteiger partial charge in [-0.1, -0.05) is 42.5 Å². The molecule has 0 aliphatic rings. The molecule has 4 aromatic rings. The van der Waals surface area contributed by atoms with E-state index in [0.717, 1.165) is 40.9 Å². The van der Waals surface area contributed by atoms with E-state index in [1.165, 1.54) is 5.56 Å². The van der Waals surface area contributed by atoms with Gasteiger partial charge in [-0.2, -0.15) is 0 Å². The molecule has 31 heavy (non-hydrogen) atoms. The lowest BCUT2D eigenvalue weighted by molar-refractivity contribution is 0.0699. The van der Waals surface area contributed by atoms with Crippen molar-refractivity contribution in [1.29, 1.82) is 0 Å². The number of carboxylic acids is 1. The van der Waals surface area contributed by atoms with Crippen LogP contribution in [-0.4, -0.2) is 41.3 Å². The molecule has 3 aromatic carbocycles. The van der Waals surface area contributed by atoms with E-state index in [1.54, 1.807) is 13.2 Å². The zero-order chi connectivity index (χ0) is 21.8. The molecule has 1 heterocycles. The van der Waals surface area contributed by atoms with Crippen molar-refractivity contribution in [2.75, 3.05) is 20.3 Å². The van der Waals surface area contributed by atoms with Gasteiger partial charge in [0.1, 0.15) is 11.3 Å². The first-order valence-electron chi connectivity index (χ1n) is 10.2. The van der Waals surface area contributed by atoms with Gasteiger partial charge < -0.3 is 20.1 Å². The summed E-state index contributed by atoms with van der Waals surface area (Å²) in [6.07, 6.45) is 0. The van der Waals surface area contributed by atoms with Gasteiger partial charge in [0.25, 0.3) is 0 Å². The first kappa shape index (κ1) is 20.8. The minimum atomic E-state index is -0.981. The Hall–Kier alpha value is -3.48. The van der Waals surface area contributed by atoms with Gasteiger partial charge in [0.15, 0.2) is 0 Å². The maximum atomic E-state index is 11.7. The summed E-state index contributed by atoms with van der Waals surface area (Å²) < 4.78 is 5.07. The number of benzene rings is 3. The molecular formula is C25H25N3O3. The van der Waals surface area contributed by atoms with Crippen LogP contribution in [0.4, 0.5) is 0 Å². The standard InChI is InChI=1S/C25H25N3O3/c1-16-27-23-14-21(13-22(25(29)30)24(23)28-16)19-8-6-18(7-9-19)20-5-3-4-17(12-20)15-26-10-11-31-2/h3-9,12-14,26H,10-11,15H2,1-2H3,(H,27,28)(H,29,30). The van der Waals surface area contributed by atoms with Gasteiger partial charge in [0, 0.05) is 20.2 Å². The zero-order valence-corrected chi connectivity index (χ0v) is 17.6. The van der Waals surface area contributed by atoms with Gasteiger partial charge in [0.2, 0.25) is 0 Å². The summed E-state index contributed by atoms with van der Waals surface area (Å²) in [7, 11) is 1.70. The fourth-order valence-corrected chi connectivity index (χ4v) is 3.69. The number of aryl methyl sites for hydroxylation is 1. The number of nitrogens with zero attached hydrogens (tertiary/aromatic N) is 1. The molecule has 0 atom stereocenters. The van der Waals surface area contributed by atoms with Crippen molar-refractivity contribution in [3.8, 4) is 22.3 Å². The van der Waals surface area contributed by atoms with Crippen molar-refractivity contribution < 1.29 is 14.6 Å². The Balaban J connectivity index is 1.60. The maximum absolute atomic E-state index is 11.7. The van der Waals surface area contributed by atoms with E-state index in [1.807, 2.05) is 25.1 Å². The van der Waals surface area contributed by atoms with E-state index in [0.29, 0.717) is 17.9 Å². The second-order valence-corrected chi connectivity index (χ2v) is 7.49. The average Bonchev–Trinajstić information content (AvgIpc) is 3.16. The first-order valence-corrected chi connectivity index (χ1v) is 10.2. The molecule has 4 rings (SSSR count). The Kier molecular flexibility index (Phi) is 6.11. The smallest absolute Gasteiger partial charge is 0.337 e. The highest BCUT2D eigenvalue weighted by atomic mass is 16.5. The van der Waals surface area contributed by atoms with E-state index in [2.05, 4.69) is 51.7 Å². The third-order valence-electron chi connectivity index (χ3n) is 5.23. The van der Waals surface area contributed by atoms with Gasteiger partial charge in [-0.25, -0.2) is 9.78 Å². The second-order valence-electron chi connectivity index (χ2n) is 7.49. The lowest BCUT2D eigenvalue weighted by Gasteiger charge is -2.09. The van der Waals surface area contributed by atoms with E-state index in [9.17, 15) is 9.90 Å². The summed E-state index contributed by atoms with van der Waals surface area (Å²) in [5.74, 6) is -0.285. The normalized spacial score (nSPS) is 11.2. The highest BCUT2D eigenvalue weighted by Gasteiger charge is 2.15. The van der Waals surface area contributed by atoms with Gasteiger partial charge in [-0.3, -0.25) is 0 Å². The molecule has 0 aliphatic heterocycles. The Morgan fingerprint density at radius 3 is 2.48 bits per heavy atom. The van der Waals surface area contributed by atoms with Crippen LogP contribution in [0.3, 0.4) is 0 Å². The number of aromatic carboxylic acids is 1. The van der Waals surface area contributed by atoms with Crippen LogP contribution < -0.4 is 5.32 Å². The number of methoxy groups -OCH3 is 1. The molecule has 0 saturated carbocycles. The number of hydrogen-bond acceptors (Lipinski definition) is 4. The van der Waals surface area contributed by atoms with Crippen LogP contribution in [0.2, 0.25) is 0 Å². The number of aromatic amines is 1. The molecule has 0 fully saturated rings. The minimum Gasteiger partial charge on any atom is -0.478 e. The number of H-pyrrole nitrogens is 1. The monoisotopic (exact) mass is 415 g/mol. The van der Waals surface area contributed by atoms with Crippen LogP contribution in [0.1, 0.15) is 21.7 Å². The molecule has 158 valence electrons. The van der Waals surface area contributed by atoms with E-state index >= 15 is 0 Å². The molecule has 0 saturated heterocycles. The van der Waals surface area contributed by atoms with Crippen LogP contribution in [-0.2, 0) is 11.3 Å².